The highest BCUT2D eigenvalue weighted by molar-refractivity contribution is 5.27. The number of rotatable bonds is 8. The molecule has 1 aliphatic rings. The minimum atomic E-state index is 0.591. The van der Waals surface area contributed by atoms with Crippen molar-refractivity contribution < 1.29 is 9.47 Å². The van der Waals surface area contributed by atoms with Gasteiger partial charge in [-0.15, -0.1) is 0 Å². The maximum absolute atomic E-state index is 5.86. The van der Waals surface area contributed by atoms with Gasteiger partial charge in [-0.2, -0.15) is 0 Å². The summed E-state index contributed by atoms with van der Waals surface area (Å²) in [5.74, 6) is 0.975. The van der Waals surface area contributed by atoms with Crippen LogP contribution in [-0.2, 0) is 4.74 Å². The molecule has 4 heteroatoms. The summed E-state index contributed by atoms with van der Waals surface area (Å²) < 4.78 is 11.3. The average molecular weight is 306 g/mol. The van der Waals surface area contributed by atoms with Gasteiger partial charge in [-0.05, 0) is 38.5 Å². The third-order valence-electron chi connectivity index (χ3n) is 4.24. The topological polar surface area (TPSA) is 24.9 Å². The monoisotopic (exact) mass is 306 g/mol. The molecule has 1 atom stereocenters. The van der Waals surface area contributed by atoms with Crippen LogP contribution in [0.5, 0.6) is 5.75 Å². The third kappa shape index (κ3) is 5.59. The first-order chi connectivity index (χ1) is 10.7. The maximum atomic E-state index is 5.86. The first-order valence-corrected chi connectivity index (χ1v) is 8.42. The number of benzene rings is 1. The van der Waals surface area contributed by atoms with Crippen molar-refractivity contribution in [3.63, 3.8) is 0 Å². The van der Waals surface area contributed by atoms with Crippen molar-refractivity contribution in [1.82, 2.24) is 9.80 Å². The molecule has 22 heavy (non-hydrogen) atoms. The van der Waals surface area contributed by atoms with Gasteiger partial charge in [0.15, 0.2) is 0 Å². The third-order valence-corrected chi connectivity index (χ3v) is 4.24. The van der Waals surface area contributed by atoms with Crippen molar-refractivity contribution in [3.8, 4) is 5.75 Å². The molecule has 4 nitrogen and oxygen atoms in total. The summed E-state index contributed by atoms with van der Waals surface area (Å²) in [6, 6.07) is 8.85. The second kappa shape index (κ2) is 9.13. The second-order valence-electron chi connectivity index (χ2n) is 6.05. The number of ether oxygens (including phenoxy) is 2. The van der Waals surface area contributed by atoms with Crippen molar-refractivity contribution >= 4 is 0 Å². The summed E-state index contributed by atoms with van der Waals surface area (Å²) in [6.45, 7) is 14.3. The van der Waals surface area contributed by atoms with Crippen molar-refractivity contribution in [2.45, 2.75) is 26.8 Å². The van der Waals surface area contributed by atoms with Gasteiger partial charge in [0.2, 0.25) is 0 Å². The van der Waals surface area contributed by atoms with Gasteiger partial charge in [0.1, 0.15) is 12.4 Å². The van der Waals surface area contributed by atoms with Crippen LogP contribution in [-0.4, -0.2) is 68.4 Å². The van der Waals surface area contributed by atoms with Crippen LogP contribution in [0.25, 0.3) is 0 Å². The Morgan fingerprint density at radius 1 is 1.18 bits per heavy atom. The SMILES string of the molecule is CCOCCN1CCN(CCOc2cccc(C)c2)C[C@@H]1C. The lowest BCUT2D eigenvalue weighted by molar-refractivity contribution is 0.0447. The minimum Gasteiger partial charge on any atom is -0.492 e. The van der Waals surface area contributed by atoms with Crippen molar-refractivity contribution in [3.05, 3.63) is 29.8 Å². The van der Waals surface area contributed by atoms with Crippen molar-refractivity contribution in [1.29, 1.82) is 0 Å². The van der Waals surface area contributed by atoms with Crippen molar-refractivity contribution in [2.75, 3.05) is 52.5 Å². The van der Waals surface area contributed by atoms with E-state index >= 15 is 0 Å². The molecule has 0 radical (unpaired) electrons. The highest BCUT2D eigenvalue weighted by Crippen LogP contribution is 2.13. The van der Waals surface area contributed by atoms with Gasteiger partial charge in [0, 0.05) is 45.4 Å². The molecule has 1 aliphatic heterocycles. The number of piperazine rings is 1. The smallest absolute Gasteiger partial charge is 0.119 e. The summed E-state index contributed by atoms with van der Waals surface area (Å²) in [5.41, 5.74) is 1.24. The molecule has 1 saturated heterocycles. The molecule has 0 aliphatic carbocycles. The summed E-state index contributed by atoms with van der Waals surface area (Å²) in [6.07, 6.45) is 0. The van der Waals surface area contributed by atoms with E-state index in [4.69, 9.17) is 9.47 Å². The van der Waals surface area contributed by atoms with Crippen LogP contribution >= 0.6 is 0 Å². The standard InChI is InChI=1S/C18H30N2O2/c1-4-21-12-11-20-9-8-19(15-17(20)3)10-13-22-18-7-5-6-16(2)14-18/h5-7,14,17H,4,8-13,15H2,1-3H3/t17-/m0/s1. The van der Waals surface area contributed by atoms with Gasteiger partial charge in [-0.3, -0.25) is 9.80 Å². The Kier molecular flexibility index (Phi) is 7.16. The Morgan fingerprint density at radius 3 is 2.77 bits per heavy atom. The fourth-order valence-electron chi connectivity index (χ4n) is 2.93. The summed E-state index contributed by atoms with van der Waals surface area (Å²) in [7, 11) is 0. The van der Waals surface area contributed by atoms with E-state index in [1.807, 2.05) is 12.1 Å². The Hall–Kier alpha value is -1.10. The highest BCUT2D eigenvalue weighted by atomic mass is 16.5. The Morgan fingerprint density at radius 2 is 2.05 bits per heavy atom. The Labute approximate surface area is 135 Å². The van der Waals surface area contributed by atoms with Crippen LogP contribution < -0.4 is 4.74 Å². The van der Waals surface area contributed by atoms with Crippen LogP contribution in [0.3, 0.4) is 0 Å². The van der Waals surface area contributed by atoms with E-state index in [2.05, 4.69) is 42.7 Å². The summed E-state index contributed by atoms with van der Waals surface area (Å²) >= 11 is 0. The lowest BCUT2D eigenvalue weighted by Gasteiger charge is -2.39. The molecule has 2 rings (SSSR count). The van der Waals surface area contributed by atoms with Gasteiger partial charge < -0.3 is 9.47 Å². The zero-order valence-electron chi connectivity index (χ0n) is 14.3. The van der Waals surface area contributed by atoms with Gasteiger partial charge in [0.25, 0.3) is 0 Å². The van der Waals surface area contributed by atoms with E-state index in [9.17, 15) is 0 Å². The van der Waals surface area contributed by atoms with Gasteiger partial charge >= 0.3 is 0 Å². The molecule has 1 aromatic carbocycles. The van der Waals surface area contributed by atoms with E-state index in [1.165, 1.54) is 5.56 Å². The molecule has 0 amide bonds. The van der Waals surface area contributed by atoms with Crippen molar-refractivity contribution in [2.24, 2.45) is 0 Å². The largest absolute Gasteiger partial charge is 0.492 e. The molecular formula is C18H30N2O2. The molecule has 1 fully saturated rings. The zero-order chi connectivity index (χ0) is 15.8. The maximum Gasteiger partial charge on any atom is 0.119 e. The molecule has 0 spiro atoms. The fraction of sp³-hybridized carbons (Fsp3) is 0.667. The fourth-order valence-corrected chi connectivity index (χ4v) is 2.93. The van der Waals surface area contributed by atoms with Gasteiger partial charge in [-0.1, -0.05) is 12.1 Å². The molecule has 0 saturated carbocycles. The van der Waals surface area contributed by atoms with E-state index in [0.717, 1.165) is 58.3 Å². The van der Waals surface area contributed by atoms with Crippen LogP contribution in [0, 0.1) is 6.92 Å². The molecular weight excluding hydrogens is 276 g/mol. The predicted octanol–water partition coefficient (Wildman–Crippen LogP) is 2.42. The van der Waals surface area contributed by atoms with E-state index in [0.29, 0.717) is 6.04 Å². The highest BCUT2D eigenvalue weighted by Gasteiger charge is 2.22. The molecule has 0 bridgehead atoms. The van der Waals surface area contributed by atoms with Crippen LogP contribution in [0.15, 0.2) is 24.3 Å². The number of hydrogen-bond acceptors (Lipinski definition) is 4. The molecule has 0 unspecified atom stereocenters. The minimum absolute atomic E-state index is 0.591. The molecule has 124 valence electrons. The van der Waals surface area contributed by atoms with Crippen LogP contribution in [0.2, 0.25) is 0 Å². The molecule has 1 heterocycles. The Bertz CT molecular complexity index is 439. The average Bonchev–Trinajstić information content (AvgIpc) is 2.50. The normalized spacial score (nSPS) is 20.2. The number of aryl methyl sites for hydroxylation is 1. The Balaban J connectivity index is 1.66. The first kappa shape index (κ1) is 17.3. The number of nitrogens with zero attached hydrogens (tertiary/aromatic N) is 2. The molecule has 1 aromatic rings. The first-order valence-electron chi connectivity index (χ1n) is 8.42. The van der Waals surface area contributed by atoms with Gasteiger partial charge in [0.05, 0.1) is 6.61 Å². The predicted molar refractivity (Wildman–Crippen MR) is 90.6 cm³/mol. The number of hydrogen-bond donors (Lipinski definition) is 0. The lowest BCUT2D eigenvalue weighted by atomic mass is 10.2. The van der Waals surface area contributed by atoms with Crippen LogP contribution in [0.4, 0.5) is 0 Å². The zero-order valence-corrected chi connectivity index (χ0v) is 14.3. The van der Waals surface area contributed by atoms with E-state index in [1.54, 1.807) is 0 Å². The van der Waals surface area contributed by atoms with Gasteiger partial charge in [-0.25, -0.2) is 0 Å². The second-order valence-corrected chi connectivity index (χ2v) is 6.05. The summed E-state index contributed by atoms with van der Waals surface area (Å²) in [5, 5.41) is 0. The molecule has 0 aromatic heterocycles. The quantitative estimate of drug-likeness (QED) is 0.689. The van der Waals surface area contributed by atoms with E-state index < -0.39 is 0 Å². The molecule has 0 N–H and O–H groups in total. The van der Waals surface area contributed by atoms with Crippen LogP contribution in [0.1, 0.15) is 19.4 Å². The van der Waals surface area contributed by atoms with E-state index in [-0.39, 0.29) is 0 Å². The lowest BCUT2D eigenvalue weighted by Crippen LogP contribution is -2.53. The summed E-state index contributed by atoms with van der Waals surface area (Å²) in [4.78, 5) is 5.02.